The maximum absolute atomic E-state index is 12.0. The second-order valence-corrected chi connectivity index (χ2v) is 4.31. The van der Waals surface area contributed by atoms with Gasteiger partial charge in [0.05, 0.1) is 5.56 Å². The van der Waals surface area contributed by atoms with Crippen LogP contribution in [0.15, 0.2) is 18.2 Å². The van der Waals surface area contributed by atoms with Gasteiger partial charge in [0.15, 0.2) is 0 Å². The number of hydrogen-bond acceptors (Lipinski definition) is 3. The van der Waals surface area contributed by atoms with Gasteiger partial charge in [0.25, 0.3) is 5.91 Å². The topological polar surface area (TPSA) is 67.2 Å². The summed E-state index contributed by atoms with van der Waals surface area (Å²) in [6.07, 6.45) is -5.09. The second kappa shape index (κ2) is 7.02. The third-order valence-electron chi connectivity index (χ3n) is 2.58. The first-order chi connectivity index (χ1) is 9.33. The predicted molar refractivity (Wildman–Crippen MR) is 72.6 cm³/mol. The predicted octanol–water partition coefficient (Wildman–Crippen LogP) is 2.77. The Kier molecular flexibility index (Phi) is 5.66. The Labute approximate surface area is 115 Å². The molecular formula is C13H18F3N3O. The Hall–Kier alpha value is -1.92. The van der Waals surface area contributed by atoms with Crippen LogP contribution in [0.2, 0.25) is 0 Å². The smallest absolute Gasteiger partial charge is 0.389 e. The highest BCUT2D eigenvalue weighted by Crippen LogP contribution is 2.23. The van der Waals surface area contributed by atoms with Crippen molar-refractivity contribution >= 4 is 17.3 Å². The summed E-state index contributed by atoms with van der Waals surface area (Å²) >= 11 is 0. The number of carbonyl (C=O) groups excluding carboxylic acids is 1. The summed E-state index contributed by atoms with van der Waals surface area (Å²) in [7, 11) is 0. The van der Waals surface area contributed by atoms with E-state index in [1.54, 1.807) is 19.1 Å². The minimum atomic E-state index is -4.17. The van der Waals surface area contributed by atoms with Gasteiger partial charge in [0.2, 0.25) is 0 Å². The normalized spacial score (nSPS) is 11.2. The standard InChI is InChI=1S/C13H18F3N3O/c1-2-18-12(20)10-5-4-9(17)8-11(10)19-7-3-6-13(14,15)16/h4-5,8,19H,2-3,6-7,17H2,1H3,(H,18,20). The highest BCUT2D eigenvalue weighted by molar-refractivity contribution is 6.00. The molecule has 0 aliphatic heterocycles. The molecule has 0 fully saturated rings. The molecule has 0 spiro atoms. The number of anilines is 2. The molecular weight excluding hydrogens is 271 g/mol. The van der Waals surface area contributed by atoms with Crippen LogP contribution in [0, 0.1) is 0 Å². The molecule has 4 nitrogen and oxygen atoms in total. The third kappa shape index (κ3) is 5.38. The van der Waals surface area contributed by atoms with Crippen molar-refractivity contribution in [1.82, 2.24) is 5.32 Å². The van der Waals surface area contributed by atoms with E-state index in [2.05, 4.69) is 10.6 Å². The number of alkyl halides is 3. The van der Waals surface area contributed by atoms with Crippen LogP contribution in [0.25, 0.3) is 0 Å². The van der Waals surface area contributed by atoms with Gasteiger partial charge >= 0.3 is 6.18 Å². The maximum Gasteiger partial charge on any atom is 0.389 e. The van der Waals surface area contributed by atoms with Gasteiger partial charge in [-0.25, -0.2) is 0 Å². The van der Waals surface area contributed by atoms with E-state index in [0.717, 1.165) is 0 Å². The lowest BCUT2D eigenvalue weighted by atomic mass is 10.1. The fourth-order valence-corrected chi connectivity index (χ4v) is 1.67. The van der Waals surface area contributed by atoms with E-state index in [4.69, 9.17) is 5.73 Å². The van der Waals surface area contributed by atoms with Gasteiger partial charge in [-0.3, -0.25) is 4.79 Å². The number of hydrogen-bond donors (Lipinski definition) is 3. The minimum absolute atomic E-state index is 0.0624. The van der Waals surface area contributed by atoms with Gasteiger partial charge in [0, 0.05) is 30.9 Å². The molecule has 112 valence electrons. The molecule has 0 saturated heterocycles. The lowest BCUT2D eigenvalue weighted by Crippen LogP contribution is -2.24. The molecule has 4 N–H and O–H groups in total. The van der Waals surface area contributed by atoms with Gasteiger partial charge in [-0.2, -0.15) is 13.2 Å². The van der Waals surface area contributed by atoms with Crippen molar-refractivity contribution in [2.45, 2.75) is 25.9 Å². The Morgan fingerprint density at radius 3 is 2.65 bits per heavy atom. The van der Waals surface area contributed by atoms with E-state index in [1.165, 1.54) is 6.07 Å². The molecule has 1 amide bonds. The molecule has 0 heterocycles. The van der Waals surface area contributed by atoms with Crippen molar-refractivity contribution in [2.75, 3.05) is 24.1 Å². The highest BCUT2D eigenvalue weighted by Gasteiger charge is 2.25. The van der Waals surface area contributed by atoms with Crippen LogP contribution >= 0.6 is 0 Å². The van der Waals surface area contributed by atoms with Crippen molar-refractivity contribution < 1.29 is 18.0 Å². The van der Waals surface area contributed by atoms with Gasteiger partial charge < -0.3 is 16.4 Å². The molecule has 0 unspecified atom stereocenters. The van der Waals surface area contributed by atoms with Crippen LogP contribution in [0.4, 0.5) is 24.5 Å². The SMILES string of the molecule is CCNC(=O)c1ccc(N)cc1NCCCC(F)(F)F. The van der Waals surface area contributed by atoms with Gasteiger partial charge in [-0.05, 0) is 31.5 Å². The van der Waals surface area contributed by atoms with Crippen LogP contribution in [-0.2, 0) is 0 Å². The van der Waals surface area contributed by atoms with Crippen LogP contribution in [0.3, 0.4) is 0 Å². The number of nitrogens with one attached hydrogen (secondary N) is 2. The molecule has 0 atom stereocenters. The molecule has 0 aliphatic rings. The zero-order valence-electron chi connectivity index (χ0n) is 11.2. The first-order valence-electron chi connectivity index (χ1n) is 6.32. The average Bonchev–Trinajstić information content (AvgIpc) is 2.34. The zero-order chi connectivity index (χ0) is 15.2. The zero-order valence-corrected chi connectivity index (χ0v) is 11.2. The summed E-state index contributed by atoms with van der Waals surface area (Å²) in [5.41, 5.74) is 6.88. The van der Waals surface area contributed by atoms with E-state index in [1.807, 2.05) is 0 Å². The largest absolute Gasteiger partial charge is 0.399 e. The van der Waals surface area contributed by atoms with Crippen molar-refractivity contribution in [3.8, 4) is 0 Å². The number of nitrogen functional groups attached to an aromatic ring is 1. The molecule has 7 heteroatoms. The van der Waals surface area contributed by atoms with E-state index in [-0.39, 0.29) is 18.9 Å². The lowest BCUT2D eigenvalue weighted by molar-refractivity contribution is -0.134. The summed E-state index contributed by atoms with van der Waals surface area (Å²) < 4.78 is 36.1. The molecule has 0 radical (unpaired) electrons. The molecule has 1 rings (SSSR count). The van der Waals surface area contributed by atoms with Crippen LogP contribution < -0.4 is 16.4 Å². The summed E-state index contributed by atoms with van der Waals surface area (Å²) in [4.78, 5) is 11.8. The van der Waals surface area contributed by atoms with E-state index < -0.39 is 12.6 Å². The first-order valence-corrected chi connectivity index (χ1v) is 6.32. The Morgan fingerprint density at radius 2 is 2.05 bits per heavy atom. The fourth-order valence-electron chi connectivity index (χ4n) is 1.67. The third-order valence-corrected chi connectivity index (χ3v) is 2.58. The summed E-state index contributed by atoms with van der Waals surface area (Å²) in [5.74, 6) is -0.286. The Morgan fingerprint density at radius 1 is 1.35 bits per heavy atom. The van der Waals surface area contributed by atoms with Crippen molar-refractivity contribution in [2.24, 2.45) is 0 Å². The summed E-state index contributed by atoms with van der Waals surface area (Å²) in [5, 5.41) is 5.46. The Balaban J connectivity index is 2.68. The minimum Gasteiger partial charge on any atom is -0.399 e. The van der Waals surface area contributed by atoms with Gasteiger partial charge in [-0.1, -0.05) is 0 Å². The molecule has 20 heavy (non-hydrogen) atoms. The van der Waals surface area contributed by atoms with E-state index >= 15 is 0 Å². The van der Waals surface area contributed by atoms with Gasteiger partial charge in [0.1, 0.15) is 0 Å². The number of carbonyl (C=O) groups is 1. The lowest BCUT2D eigenvalue weighted by Gasteiger charge is -2.13. The summed E-state index contributed by atoms with van der Waals surface area (Å²) in [6.45, 7) is 2.37. The first kappa shape index (κ1) is 16.1. The number of amides is 1. The molecule has 0 aromatic heterocycles. The second-order valence-electron chi connectivity index (χ2n) is 4.31. The van der Waals surface area contributed by atoms with Crippen molar-refractivity contribution in [3.05, 3.63) is 23.8 Å². The number of rotatable bonds is 6. The van der Waals surface area contributed by atoms with Crippen LogP contribution in [0.1, 0.15) is 30.1 Å². The molecule has 1 aromatic rings. The molecule has 0 aliphatic carbocycles. The summed E-state index contributed by atoms with van der Waals surface area (Å²) in [6, 6.07) is 4.66. The van der Waals surface area contributed by atoms with Crippen molar-refractivity contribution in [3.63, 3.8) is 0 Å². The quantitative estimate of drug-likeness (QED) is 0.557. The monoisotopic (exact) mass is 289 g/mol. The Bertz CT molecular complexity index is 461. The average molecular weight is 289 g/mol. The van der Waals surface area contributed by atoms with Crippen molar-refractivity contribution in [1.29, 1.82) is 0 Å². The maximum atomic E-state index is 12.0. The fraction of sp³-hybridized carbons (Fsp3) is 0.462. The van der Waals surface area contributed by atoms with Crippen LogP contribution in [0.5, 0.6) is 0 Å². The molecule has 1 aromatic carbocycles. The number of halogens is 3. The van der Waals surface area contributed by atoms with E-state index in [9.17, 15) is 18.0 Å². The highest BCUT2D eigenvalue weighted by atomic mass is 19.4. The number of nitrogens with two attached hydrogens (primary N) is 1. The van der Waals surface area contributed by atoms with E-state index in [0.29, 0.717) is 23.5 Å². The molecule has 0 saturated carbocycles. The van der Waals surface area contributed by atoms with Crippen LogP contribution in [-0.4, -0.2) is 25.2 Å². The number of benzene rings is 1. The van der Waals surface area contributed by atoms with Gasteiger partial charge in [-0.15, -0.1) is 0 Å². The molecule has 0 bridgehead atoms.